The van der Waals surface area contributed by atoms with Gasteiger partial charge in [0.1, 0.15) is 0 Å². The van der Waals surface area contributed by atoms with Gasteiger partial charge in [0.15, 0.2) is 5.78 Å². The van der Waals surface area contributed by atoms with Crippen molar-refractivity contribution >= 4 is 58.8 Å². The van der Waals surface area contributed by atoms with Gasteiger partial charge in [0.05, 0.1) is 5.76 Å². The van der Waals surface area contributed by atoms with Crippen LogP contribution in [0.3, 0.4) is 0 Å². The third kappa shape index (κ3) is 6.43. The number of nitrogens with zero attached hydrogens (tertiary/aromatic N) is 1. The van der Waals surface area contributed by atoms with Crippen molar-refractivity contribution in [3.8, 4) is 11.3 Å². The van der Waals surface area contributed by atoms with E-state index in [4.69, 9.17) is 10.1 Å². The van der Waals surface area contributed by atoms with Crippen LogP contribution in [0.25, 0.3) is 53.0 Å². The summed E-state index contributed by atoms with van der Waals surface area (Å²) in [6.45, 7) is 19.4. The molecule has 245 valence electrons. The summed E-state index contributed by atoms with van der Waals surface area (Å²) in [7, 11) is 0. The van der Waals surface area contributed by atoms with E-state index in [1.807, 2.05) is 17.5 Å². The van der Waals surface area contributed by atoms with Gasteiger partial charge in [0.25, 0.3) is 0 Å². The second-order valence-corrected chi connectivity index (χ2v) is 16.3. The molecule has 1 aliphatic rings. The molecule has 5 heteroatoms. The average Bonchev–Trinajstić information content (AvgIpc) is 3.33. The van der Waals surface area contributed by atoms with Crippen molar-refractivity contribution in [3.05, 3.63) is 101 Å². The van der Waals surface area contributed by atoms with Crippen molar-refractivity contribution in [3.63, 3.8) is 0 Å². The second-order valence-electron chi connectivity index (χ2n) is 15.2. The molecule has 6 aromatic rings. The molecule has 3 nitrogen and oxygen atoms in total. The quantitative estimate of drug-likeness (QED) is 0.108. The van der Waals surface area contributed by atoms with Gasteiger partial charge >= 0.3 is 0 Å². The number of thiophene rings is 1. The summed E-state index contributed by atoms with van der Waals surface area (Å²) < 4.78 is 2.83. The number of aliphatic hydroxyl groups excluding tert-OH is 1. The molecular formula is C42H44IrNO2S-. The molecule has 47 heavy (non-hydrogen) atoms. The Kier molecular flexibility index (Phi) is 9.36. The topological polar surface area (TPSA) is 50.2 Å². The van der Waals surface area contributed by atoms with Gasteiger partial charge in [0, 0.05) is 52.6 Å². The first-order chi connectivity index (χ1) is 21.6. The molecule has 0 fully saturated rings. The number of hydrogen-bond donors (Lipinski definition) is 1. The molecule has 1 aliphatic carbocycles. The summed E-state index contributed by atoms with van der Waals surface area (Å²) in [6.07, 6.45) is 5.59. The molecule has 4 aromatic carbocycles. The molecule has 0 amide bonds. The SMILES string of the molecule is CC(=O)/C=C(/C)O.CC(C)(C)c1c[c-]c(-c2nccc3cc4sc5c6c(ccc5c4cc23)C(C)(C)CCC6(C)C)c2ccccc12.[Ir]. The molecule has 0 saturated carbocycles. The van der Waals surface area contributed by atoms with Crippen LogP contribution in [0.15, 0.2) is 78.7 Å². The number of carbonyl (C=O) groups is 1. The maximum atomic E-state index is 10.0. The van der Waals surface area contributed by atoms with Gasteiger partial charge in [0.2, 0.25) is 0 Å². The average molecular weight is 819 g/mol. The zero-order chi connectivity index (χ0) is 33.2. The molecule has 0 atom stereocenters. The van der Waals surface area contributed by atoms with E-state index in [-0.39, 0.29) is 47.9 Å². The van der Waals surface area contributed by atoms with Gasteiger partial charge in [-0.15, -0.1) is 34.6 Å². The van der Waals surface area contributed by atoms with Crippen molar-refractivity contribution in [2.45, 2.75) is 91.4 Å². The molecule has 7 rings (SSSR count). The van der Waals surface area contributed by atoms with Crippen LogP contribution in [0.2, 0.25) is 0 Å². The predicted molar refractivity (Wildman–Crippen MR) is 197 cm³/mol. The second kappa shape index (κ2) is 12.6. The largest absolute Gasteiger partial charge is 0.512 e. The van der Waals surface area contributed by atoms with Crippen molar-refractivity contribution in [2.75, 3.05) is 0 Å². The van der Waals surface area contributed by atoms with Crippen LogP contribution in [-0.2, 0) is 41.1 Å². The monoisotopic (exact) mass is 819 g/mol. The Hall–Kier alpha value is -3.37. The zero-order valence-corrected chi connectivity index (χ0v) is 32.1. The summed E-state index contributed by atoms with van der Waals surface area (Å²) in [4.78, 5) is 15.0. The molecule has 1 N–H and O–H groups in total. The van der Waals surface area contributed by atoms with Gasteiger partial charge in [-0.1, -0.05) is 102 Å². The first kappa shape index (κ1) is 34.9. The van der Waals surface area contributed by atoms with E-state index in [1.54, 1.807) is 5.56 Å². The number of pyridine rings is 1. The van der Waals surface area contributed by atoms with Crippen LogP contribution in [0, 0.1) is 6.07 Å². The maximum absolute atomic E-state index is 10.0. The van der Waals surface area contributed by atoms with Crippen molar-refractivity contribution in [1.82, 2.24) is 4.98 Å². The Labute approximate surface area is 296 Å². The molecule has 2 aromatic heterocycles. The van der Waals surface area contributed by atoms with E-state index < -0.39 is 0 Å². The fourth-order valence-electron chi connectivity index (χ4n) is 7.17. The number of ketones is 1. The van der Waals surface area contributed by atoms with Gasteiger partial charge in [-0.25, -0.2) is 0 Å². The van der Waals surface area contributed by atoms with Gasteiger partial charge in [-0.3, -0.25) is 4.79 Å². The van der Waals surface area contributed by atoms with Gasteiger partial charge in [-0.2, -0.15) is 0 Å². The Morgan fingerprint density at radius 1 is 0.894 bits per heavy atom. The van der Waals surface area contributed by atoms with Crippen LogP contribution in [0.5, 0.6) is 0 Å². The molecule has 0 aliphatic heterocycles. The summed E-state index contributed by atoms with van der Waals surface area (Å²) in [5.74, 6) is -0.0625. The first-order valence-corrected chi connectivity index (χ1v) is 17.0. The number of benzene rings is 4. The van der Waals surface area contributed by atoms with E-state index in [1.165, 1.54) is 85.6 Å². The van der Waals surface area contributed by atoms with Crippen molar-refractivity contribution in [2.24, 2.45) is 0 Å². The Balaban J connectivity index is 0.000000491. The minimum absolute atomic E-state index is 0. The fourth-order valence-corrected chi connectivity index (χ4v) is 8.63. The number of allylic oxidation sites excluding steroid dienone is 2. The number of carbonyl (C=O) groups excluding carboxylic acids is 1. The Bertz CT molecular complexity index is 2190. The molecule has 1 radical (unpaired) electrons. The summed E-state index contributed by atoms with van der Waals surface area (Å²) in [5.41, 5.74) is 6.97. The van der Waals surface area contributed by atoms with Crippen LogP contribution in [0.4, 0.5) is 0 Å². The van der Waals surface area contributed by atoms with E-state index in [0.29, 0.717) is 0 Å². The van der Waals surface area contributed by atoms with Gasteiger partial charge in [-0.05, 0) is 82.7 Å². The smallest absolute Gasteiger partial charge is 0.155 e. The number of aromatic nitrogens is 1. The van der Waals surface area contributed by atoms with Crippen LogP contribution in [-0.4, -0.2) is 15.9 Å². The number of fused-ring (bicyclic) bond motifs is 7. The normalized spacial score (nSPS) is 15.6. The van der Waals surface area contributed by atoms with Crippen LogP contribution >= 0.6 is 11.3 Å². The first-order valence-electron chi connectivity index (χ1n) is 16.2. The minimum atomic E-state index is -0.125. The molecule has 0 unspecified atom stereocenters. The minimum Gasteiger partial charge on any atom is -0.512 e. The predicted octanol–water partition coefficient (Wildman–Crippen LogP) is 11.9. The molecule has 2 heterocycles. The summed E-state index contributed by atoms with van der Waals surface area (Å²) in [5, 5.41) is 16.0. The molecule has 0 saturated heterocycles. The summed E-state index contributed by atoms with van der Waals surface area (Å²) in [6, 6.07) is 26.4. The molecular weight excluding hydrogens is 775 g/mol. The summed E-state index contributed by atoms with van der Waals surface area (Å²) >= 11 is 1.97. The third-order valence-electron chi connectivity index (χ3n) is 9.61. The molecule has 0 spiro atoms. The number of aliphatic hydroxyl groups is 1. The van der Waals surface area contributed by atoms with E-state index >= 15 is 0 Å². The van der Waals surface area contributed by atoms with E-state index in [9.17, 15) is 4.79 Å². The fraction of sp³-hybridized carbons (Fsp3) is 0.333. The van der Waals surface area contributed by atoms with Crippen LogP contribution in [0.1, 0.15) is 91.8 Å². The van der Waals surface area contributed by atoms with Crippen molar-refractivity contribution in [1.29, 1.82) is 0 Å². The van der Waals surface area contributed by atoms with Crippen LogP contribution < -0.4 is 0 Å². The van der Waals surface area contributed by atoms with Crippen molar-refractivity contribution < 1.29 is 30.0 Å². The molecule has 0 bridgehead atoms. The zero-order valence-electron chi connectivity index (χ0n) is 28.9. The number of rotatable bonds is 2. The Morgan fingerprint density at radius 2 is 1.57 bits per heavy atom. The van der Waals surface area contributed by atoms with E-state index in [2.05, 4.69) is 115 Å². The number of hydrogen-bond acceptors (Lipinski definition) is 4. The van der Waals surface area contributed by atoms with E-state index in [0.717, 1.165) is 11.3 Å². The van der Waals surface area contributed by atoms with Gasteiger partial charge < -0.3 is 10.1 Å². The third-order valence-corrected chi connectivity index (χ3v) is 10.8. The maximum Gasteiger partial charge on any atom is 0.155 e. The standard InChI is InChI=1S/C37H36NS.C5H8O2.Ir/c1-35(2,3)29-14-12-25(23-10-8-9-11-24(23)29)33-27-21-28-26-13-15-30-32(37(6,7)18-17-36(30,4)5)34(26)39-31(28)20-22(27)16-19-38-33;1-4(6)3-5(2)7;/h8-11,13-16,19-21H,17-18H2,1-7H3;3,6H,1-2H3;/q-1;;/b;4-3-;. The Morgan fingerprint density at radius 3 is 2.21 bits per heavy atom.